The first kappa shape index (κ1) is 17.7. The number of aryl methyl sites for hydroxylation is 2. The number of hydrogen-bond donors (Lipinski definition) is 0. The fourth-order valence-electron chi connectivity index (χ4n) is 2.93. The van der Waals surface area contributed by atoms with Crippen LogP contribution in [0.4, 0.5) is 0 Å². The second-order valence-electron chi connectivity index (χ2n) is 6.23. The van der Waals surface area contributed by atoms with Gasteiger partial charge in [0.25, 0.3) is 5.91 Å². The van der Waals surface area contributed by atoms with Gasteiger partial charge in [0.1, 0.15) is 5.69 Å². The topological polar surface area (TPSA) is 59.0 Å². The van der Waals surface area contributed by atoms with E-state index in [1.165, 1.54) is 11.8 Å². The molecule has 132 valence electrons. The average Bonchev–Trinajstić information content (AvgIpc) is 2.68. The molecule has 0 saturated heterocycles. The van der Waals surface area contributed by atoms with Gasteiger partial charge in [-0.05, 0) is 38.0 Å². The molecular weight excluding hydrogens is 324 g/mol. The maximum Gasteiger partial charge on any atom is 0.274 e. The predicted octanol–water partition coefficient (Wildman–Crippen LogP) is 3.74. The van der Waals surface area contributed by atoms with Gasteiger partial charge in [-0.2, -0.15) is 0 Å². The molecule has 2 aromatic heterocycles. The Morgan fingerprint density at radius 3 is 2.35 bits per heavy atom. The number of nitrogens with zero attached hydrogens (tertiary/aromatic N) is 4. The van der Waals surface area contributed by atoms with Crippen molar-refractivity contribution < 1.29 is 4.79 Å². The molecule has 26 heavy (non-hydrogen) atoms. The van der Waals surface area contributed by atoms with Crippen molar-refractivity contribution in [1.82, 2.24) is 19.9 Å². The molecule has 5 heteroatoms. The van der Waals surface area contributed by atoms with Crippen molar-refractivity contribution >= 4 is 5.91 Å². The van der Waals surface area contributed by atoms with Crippen LogP contribution >= 0.6 is 0 Å². The second-order valence-corrected chi connectivity index (χ2v) is 6.23. The molecule has 5 nitrogen and oxygen atoms in total. The summed E-state index contributed by atoms with van der Waals surface area (Å²) in [6.07, 6.45) is 6.70. The van der Waals surface area contributed by atoms with Crippen molar-refractivity contribution in [2.24, 2.45) is 0 Å². The van der Waals surface area contributed by atoms with Crippen molar-refractivity contribution in [3.05, 3.63) is 89.3 Å². The molecule has 3 aromatic rings. The molecule has 1 aromatic carbocycles. The SMILES string of the molecule is CCN(C(=O)c1cnc(C)cn1)[C@@H](c1ccc(C)cc1)c1cccnc1. The third-order valence-corrected chi connectivity index (χ3v) is 4.31. The van der Waals surface area contributed by atoms with Crippen molar-refractivity contribution in [3.63, 3.8) is 0 Å². The molecule has 0 radical (unpaired) electrons. The maximum atomic E-state index is 13.1. The molecule has 3 rings (SSSR count). The minimum atomic E-state index is -0.232. The Hall–Kier alpha value is -3.08. The zero-order valence-corrected chi connectivity index (χ0v) is 15.3. The number of amides is 1. The highest BCUT2D eigenvalue weighted by Gasteiger charge is 2.27. The quantitative estimate of drug-likeness (QED) is 0.706. The fraction of sp³-hybridized carbons (Fsp3) is 0.238. The number of hydrogen-bond acceptors (Lipinski definition) is 4. The van der Waals surface area contributed by atoms with Crippen LogP contribution in [0.15, 0.2) is 61.2 Å². The summed E-state index contributed by atoms with van der Waals surface area (Å²) in [6, 6.07) is 11.9. The van der Waals surface area contributed by atoms with E-state index in [1.54, 1.807) is 23.5 Å². The Kier molecular flexibility index (Phi) is 5.37. The second kappa shape index (κ2) is 7.87. The van der Waals surface area contributed by atoms with Crippen molar-refractivity contribution in [1.29, 1.82) is 0 Å². The highest BCUT2D eigenvalue weighted by atomic mass is 16.2. The first-order chi connectivity index (χ1) is 12.6. The van der Waals surface area contributed by atoms with Gasteiger partial charge >= 0.3 is 0 Å². The Morgan fingerprint density at radius 1 is 1.00 bits per heavy atom. The highest BCUT2D eigenvalue weighted by Crippen LogP contribution is 2.29. The number of carbonyl (C=O) groups excluding carboxylic acids is 1. The molecule has 1 amide bonds. The van der Waals surface area contributed by atoms with Gasteiger partial charge < -0.3 is 4.90 Å². The Labute approximate surface area is 153 Å². The summed E-state index contributed by atoms with van der Waals surface area (Å²) in [5.74, 6) is -0.144. The van der Waals surface area contributed by atoms with E-state index < -0.39 is 0 Å². The lowest BCUT2D eigenvalue weighted by Gasteiger charge is -2.31. The van der Waals surface area contributed by atoms with Crippen molar-refractivity contribution in [3.8, 4) is 0 Å². The van der Waals surface area contributed by atoms with E-state index in [9.17, 15) is 4.79 Å². The third-order valence-electron chi connectivity index (χ3n) is 4.31. The molecule has 0 saturated carbocycles. The van der Waals surface area contributed by atoms with E-state index in [4.69, 9.17) is 0 Å². The summed E-state index contributed by atoms with van der Waals surface area (Å²) in [4.78, 5) is 27.7. The fourth-order valence-corrected chi connectivity index (χ4v) is 2.93. The summed E-state index contributed by atoms with van der Waals surface area (Å²) in [7, 11) is 0. The lowest BCUT2D eigenvalue weighted by molar-refractivity contribution is 0.0710. The largest absolute Gasteiger partial charge is 0.326 e. The predicted molar refractivity (Wildman–Crippen MR) is 101 cm³/mol. The van der Waals surface area contributed by atoms with Gasteiger partial charge in [0.05, 0.1) is 17.9 Å². The molecule has 0 spiro atoms. The summed E-state index contributed by atoms with van der Waals surface area (Å²) >= 11 is 0. The normalized spacial score (nSPS) is 11.8. The molecule has 0 aliphatic heterocycles. The zero-order chi connectivity index (χ0) is 18.5. The zero-order valence-electron chi connectivity index (χ0n) is 15.3. The van der Waals surface area contributed by atoms with Gasteiger partial charge in [-0.3, -0.25) is 14.8 Å². The first-order valence-corrected chi connectivity index (χ1v) is 8.66. The summed E-state index contributed by atoms with van der Waals surface area (Å²) in [6.45, 7) is 6.41. The monoisotopic (exact) mass is 346 g/mol. The van der Waals surface area contributed by atoms with Crippen LogP contribution in [0.2, 0.25) is 0 Å². The van der Waals surface area contributed by atoms with Crippen LogP contribution in [0.3, 0.4) is 0 Å². The molecule has 0 bridgehead atoms. The van der Waals surface area contributed by atoms with Crippen LogP contribution in [0.5, 0.6) is 0 Å². The van der Waals surface area contributed by atoms with Gasteiger partial charge in [-0.1, -0.05) is 35.9 Å². The van der Waals surface area contributed by atoms with Crippen LogP contribution in [0, 0.1) is 13.8 Å². The van der Waals surface area contributed by atoms with Crippen LogP contribution < -0.4 is 0 Å². The number of carbonyl (C=O) groups is 1. The van der Waals surface area contributed by atoms with Crippen LogP contribution in [0.25, 0.3) is 0 Å². The smallest absolute Gasteiger partial charge is 0.274 e. The Bertz CT molecular complexity index is 861. The molecular formula is C21H22N4O. The minimum Gasteiger partial charge on any atom is -0.326 e. The third kappa shape index (κ3) is 3.77. The summed E-state index contributed by atoms with van der Waals surface area (Å²) in [5, 5.41) is 0. The molecule has 0 N–H and O–H groups in total. The molecule has 0 fully saturated rings. The van der Waals surface area contributed by atoms with Crippen molar-refractivity contribution in [2.75, 3.05) is 6.54 Å². The van der Waals surface area contributed by atoms with E-state index in [-0.39, 0.29) is 11.9 Å². The Morgan fingerprint density at radius 2 is 1.77 bits per heavy atom. The molecule has 0 aliphatic rings. The van der Waals surface area contributed by atoms with Gasteiger partial charge in [-0.25, -0.2) is 4.98 Å². The van der Waals surface area contributed by atoms with Crippen LogP contribution in [-0.4, -0.2) is 32.3 Å². The highest BCUT2D eigenvalue weighted by molar-refractivity contribution is 5.92. The van der Waals surface area contributed by atoms with Gasteiger partial charge in [0, 0.05) is 25.1 Å². The van der Waals surface area contributed by atoms with Crippen LogP contribution in [-0.2, 0) is 0 Å². The lowest BCUT2D eigenvalue weighted by atomic mass is 9.97. The van der Waals surface area contributed by atoms with E-state index >= 15 is 0 Å². The standard InChI is InChI=1S/C21H22N4O/c1-4-25(21(26)19-14-23-16(3)12-24-19)20(18-6-5-11-22-13-18)17-9-7-15(2)8-10-17/h5-14,20H,4H2,1-3H3/t20-/m0/s1. The van der Waals surface area contributed by atoms with E-state index in [0.717, 1.165) is 16.8 Å². The number of benzene rings is 1. The van der Waals surface area contributed by atoms with E-state index in [2.05, 4.69) is 39.2 Å². The Balaban J connectivity index is 2.05. The molecule has 0 aliphatic carbocycles. The molecule has 1 atom stereocenters. The maximum absolute atomic E-state index is 13.1. The first-order valence-electron chi connectivity index (χ1n) is 8.66. The summed E-state index contributed by atoms with van der Waals surface area (Å²) < 4.78 is 0. The number of pyridine rings is 1. The molecule has 2 heterocycles. The number of aromatic nitrogens is 3. The summed E-state index contributed by atoms with van der Waals surface area (Å²) in [5.41, 5.74) is 4.31. The molecule has 0 unspecified atom stereocenters. The average molecular weight is 346 g/mol. The minimum absolute atomic E-state index is 0.144. The van der Waals surface area contributed by atoms with Crippen molar-refractivity contribution in [2.45, 2.75) is 26.8 Å². The van der Waals surface area contributed by atoms with Gasteiger partial charge in [0.15, 0.2) is 0 Å². The van der Waals surface area contributed by atoms with Crippen LogP contribution in [0.1, 0.15) is 45.8 Å². The number of rotatable bonds is 5. The van der Waals surface area contributed by atoms with E-state index in [1.807, 2.05) is 32.9 Å². The van der Waals surface area contributed by atoms with Gasteiger partial charge in [0.2, 0.25) is 0 Å². The van der Waals surface area contributed by atoms with E-state index in [0.29, 0.717) is 12.2 Å². The van der Waals surface area contributed by atoms with Gasteiger partial charge in [-0.15, -0.1) is 0 Å². The lowest BCUT2D eigenvalue weighted by Crippen LogP contribution is -2.36.